The SMILES string of the molecule is O=C(OCc1cccnc1)N1CCN(c2nc(-c3ccccc3O)nc3ccccc23)CC1.Oc1ccccc1-c1nc(N2CCNCC2)c2ccccc2n1. The fourth-order valence-electron chi connectivity index (χ4n) is 6.87. The number of carbonyl (C=O) groups excluding carboxylic acids is 1. The van der Waals surface area contributed by atoms with Crippen molar-refractivity contribution in [2.75, 3.05) is 62.2 Å². The average molecular weight is 748 g/mol. The Hall–Kier alpha value is -6.86. The summed E-state index contributed by atoms with van der Waals surface area (Å²) in [5, 5.41) is 25.8. The molecule has 282 valence electrons. The molecule has 2 aliphatic rings. The highest BCUT2D eigenvalue weighted by molar-refractivity contribution is 5.92. The number of nitrogens with one attached hydrogen (secondary N) is 1. The first-order valence-electron chi connectivity index (χ1n) is 18.6. The van der Waals surface area contributed by atoms with E-state index in [0.717, 1.165) is 65.2 Å². The van der Waals surface area contributed by atoms with Crippen molar-refractivity contribution in [3.05, 3.63) is 127 Å². The minimum atomic E-state index is -0.332. The minimum absolute atomic E-state index is 0.139. The van der Waals surface area contributed by atoms with Gasteiger partial charge in [0.1, 0.15) is 29.7 Å². The zero-order chi connectivity index (χ0) is 38.3. The summed E-state index contributed by atoms with van der Waals surface area (Å²) in [6.45, 7) is 6.21. The van der Waals surface area contributed by atoms with E-state index in [1.54, 1.807) is 47.6 Å². The van der Waals surface area contributed by atoms with E-state index in [4.69, 9.17) is 14.7 Å². The van der Waals surface area contributed by atoms with Crippen LogP contribution < -0.4 is 15.1 Å². The molecule has 4 aromatic carbocycles. The van der Waals surface area contributed by atoms with Crippen LogP contribution in [-0.2, 0) is 11.3 Å². The molecule has 3 aromatic heterocycles. The van der Waals surface area contributed by atoms with Crippen molar-refractivity contribution < 1.29 is 19.7 Å². The Morgan fingerprint density at radius 2 is 1.12 bits per heavy atom. The van der Waals surface area contributed by atoms with Crippen LogP contribution in [0.2, 0.25) is 0 Å². The lowest BCUT2D eigenvalue weighted by molar-refractivity contribution is 0.0941. The van der Waals surface area contributed by atoms with E-state index >= 15 is 0 Å². The molecule has 5 heterocycles. The van der Waals surface area contributed by atoms with E-state index in [9.17, 15) is 15.0 Å². The molecule has 0 aliphatic carbocycles. The molecular weight excluding hydrogens is 707 g/mol. The van der Waals surface area contributed by atoms with Gasteiger partial charge in [-0.05, 0) is 54.6 Å². The van der Waals surface area contributed by atoms with Gasteiger partial charge >= 0.3 is 6.09 Å². The number of anilines is 2. The van der Waals surface area contributed by atoms with Crippen LogP contribution in [-0.4, -0.2) is 98.5 Å². The van der Waals surface area contributed by atoms with Gasteiger partial charge in [0.05, 0.1) is 22.2 Å². The van der Waals surface area contributed by atoms with Crippen LogP contribution >= 0.6 is 0 Å². The highest BCUT2D eigenvalue weighted by Crippen LogP contribution is 2.33. The van der Waals surface area contributed by atoms with Gasteiger partial charge < -0.3 is 35.0 Å². The number of phenols is 2. The van der Waals surface area contributed by atoms with Crippen molar-refractivity contribution >= 4 is 39.5 Å². The molecule has 13 heteroatoms. The summed E-state index contributed by atoms with van der Waals surface area (Å²) in [4.78, 5) is 41.6. The lowest BCUT2D eigenvalue weighted by Crippen LogP contribution is -2.49. The standard InChI is InChI=1S/C25H23N5O3.C18H18N4O/c31-22-10-4-2-8-20(22)23-27-21-9-3-1-7-19(21)24(28-23)29-12-14-30(15-13-29)25(32)33-17-18-6-5-11-26-16-18;23-16-8-4-2-6-14(16)17-20-15-7-3-1-5-13(15)18(21-17)22-11-9-19-10-12-22/h1-11,16,31H,12-15,17H2;1-8,19,23H,9-12H2. The number of fused-ring (bicyclic) bond motifs is 2. The smallest absolute Gasteiger partial charge is 0.410 e. The molecule has 0 spiro atoms. The fourth-order valence-corrected chi connectivity index (χ4v) is 6.87. The van der Waals surface area contributed by atoms with Gasteiger partial charge in [-0.3, -0.25) is 4.98 Å². The number of benzene rings is 4. The van der Waals surface area contributed by atoms with Crippen LogP contribution in [0.1, 0.15) is 5.56 Å². The molecular formula is C43H41N9O4. The third-order valence-corrected chi connectivity index (χ3v) is 9.80. The Kier molecular flexibility index (Phi) is 10.7. The van der Waals surface area contributed by atoms with Crippen molar-refractivity contribution in [2.24, 2.45) is 0 Å². The van der Waals surface area contributed by atoms with E-state index in [2.05, 4.69) is 36.1 Å². The minimum Gasteiger partial charge on any atom is -0.507 e. The van der Waals surface area contributed by atoms with Crippen molar-refractivity contribution in [1.29, 1.82) is 0 Å². The molecule has 0 radical (unpaired) electrons. The fraction of sp³-hybridized carbons (Fsp3) is 0.209. The molecule has 9 rings (SSSR count). The number of pyridine rings is 1. The predicted octanol–water partition coefficient (Wildman–Crippen LogP) is 6.27. The summed E-state index contributed by atoms with van der Waals surface area (Å²) in [7, 11) is 0. The summed E-state index contributed by atoms with van der Waals surface area (Å²) >= 11 is 0. The second kappa shape index (κ2) is 16.7. The number of amides is 1. The summed E-state index contributed by atoms with van der Waals surface area (Å²) in [6, 6.07) is 33.8. The van der Waals surface area contributed by atoms with E-state index in [1.165, 1.54) is 0 Å². The molecule has 0 unspecified atom stereocenters. The summed E-state index contributed by atoms with van der Waals surface area (Å²) in [5.41, 5.74) is 3.80. The van der Waals surface area contributed by atoms with Crippen LogP contribution in [0, 0.1) is 0 Å². The predicted molar refractivity (Wildman–Crippen MR) is 217 cm³/mol. The van der Waals surface area contributed by atoms with Crippen LogP contribution in [0.5, 0.6) is 11.5 Å². The number of aromatic nitrogens is 5. The molecule has 2 fully saturated rings. The van der Waals surface area contributed by atoms with Crippen molar-refractivity contribution in [3.63, 3.8) is 0 Å². The third-order valence-electron chi connectivity index (χ3n) is 9.80. The van der Waals surface area contributed by atoms with E-state index in [-0.39, 0.29) is 24.2 Å². The van der Waals surface area contributed by atoms with E-state index in [0.29, 0.717) is 49.0 Å². The Labute approximate surface area is 323 Å². The van der Waals surface area contributed by atoms with Gasteiger partial charge in [-0.1, -0.05) is 54.6 Å². The molecule has 13 nitrogen and oxygen atoms in total. The van der Waals surface area contributed by atoms with Gasteiger partial charge in [0, 0.05) is 81.1 Å². The van der Waals surface area contributed by atoms with Gasteiger partial charge in [-0.15, -0.1) is 0 Å². The number of ether oxygens (including phenoxy) is 1. The maximum atomic E-state index is 12.5. The van der Waals surface area contributed by atoms with Gasteiger partial charge in [0.15, 0.2) is 11.6 Å². The van der Waals surface area contributed by atoms with Gasteiger partial charge in [-0.25, -0.2) is 24.7 Å². The van der Waals surface area contributed by atoms with Crippen LogP contribution in [0.25, 0.3) is 44.6 Å². The number of nitrogens with zero attached hydrogens (tertiary/aromatic N) is 8. The number of aromatic hydroxyl groups is 2. The highest BCUT2D eigenvalue weighted by atomic mass is 16.6. The Morgan fingerprint density at radius 3 is 1.66 bits per heavy atom. The molecule has 56 heavy (non-hydrogen) atoms. The molecule has 7 aromatic rings. The molecule has 0 bridgehead atoms. The third kappa shape index (κ3) is 7.98. The normalized spacial score (nSPS) is 14.3. The number of hydrogen-bond acceptors (Lipinski definition) is 12. The van der Waals surface area contributed by atoms with Crippen molar-refractivity contribution in [2.45, 2.75) is 6.61 Å². The summed E-state index contributed by atoms with van der Waals surface area (Å²) < 4.78 is 5.44. The van der Waals surface area contributed by atoms with Crippen LogP contribution in [0.3, 0.4) is 0 Å². The maximum absolute atomic E-state index is 12.5. The number of hydrogen-bond donors (Lipinski definition) is 3. The quantitative estimate of drug-likeness (QED) is 0.176. The number of phenolic OH excluding ortho intramolecular Hbond substituents is 2. The maximum Gasteiger partial charge on any atom is 0.410 e. The molecule has 3 N–H and O–H groups in total. The second-order valence-corrected chi connectivity index (χ2v) is 13.4. The van der Waals surface area contributed by atoms with Gasteiger partial charge in [-0.2, -0.15) is 0 Å². The van der Waals surface area contributed by atoms with E-state index in [1.807, 2.05) is 72.8 Å². The Bertz CT molecular complexity index is 2450. The number of rotatable bonds is 6. The second-order valence-electron chi connectivity index (χ2n) is 13.4. The van der Waals surface area contributed by atoms with Crippen LogP contribution in [0.4, 0.5) is 16.4 Å². The van der Waals surface area contributed by atoms with Crippen molar-refractivity contribution in [1.82, 2.24) is 35.1 Å². The first kappa shape index (κ1) is 36.1. The van der Waals surface area contributed by atoms with Gasteiger partial charge in [0.25, 0.3) is 0 Å². The lowest BCUT2D eigenvalue weighted by Gasteiger charge is -2.35. The zero-order valence-electron chi connectivity index (χ0n) is 30.7. The van der Waals surface area contributed by atoms with Gasteiger partial charge in [0.2, 0.25) is 0 Å². The Morgan fingerprint density at radius 1 is 0.607 bits per heavy atom. The topological polar surface area (TPSA) is 153 Å². The number of para-hydroxylation sites is 4. The zero-order valence-corrected chi connectivity index (χ0v) is 30.7. The number of carbonyl (C=O) groups is 1. The molecule has 0 atom stereocenters. The first-order valence-corrected chi connectivity index (χ1v) is 18.6. The van der Waals surface area contributed by atoms with Crippen LogP contribution in [0.15, 0.2) is 122 Å². The first-order chi connectivity index (χ1) is 27.5. The molecule has 2 aliphatic heterocycles. The highest BCUT2D eigenvalue weighted by Gasteiger charge is 2.25. The lowest BCUT2D eigenvalue weighted by atomic mass is 10.1. The largest absolute Gasteiger partial charge is 0.507 e. The summed E-state index contributed by atoms with van der Waals surface area (Å²) in [6.07, 6.45) is 3.04. The monoisotopic (exact) mass is 747 g/mol. The van der Waals surface area contributed by atoms with Crippen molar-refractivity contribution in [3.8, 4) is 34.3 Å². The molecule has 2 saturated heterocycles. The molecule has 0 saturated carbocycles. The van der Waals surface area contributed by atoms with E-state index < -0.39 is 0 Å². The average Bonchev–Trinajstić information content (AvgIpc) is 3.26. The summed E-state index contributed by atoms with van der Waals surface area (Å²) in [5.74, 6) is 3.11. The Balaban J connectivity index is 0.000000168. The molecule has 1 amide bonds. The number of piperazine rings is 2.